The van der Waals surface area contributed by atoms with Gasteiger partial charge in [0.2, 0.25) is 0 Å². The summed E-state index contributed by atoms with van der Waals surface area (Å²) in [6.07, 6.45) is -0.215. The van der Waals surface area contributed by atoms with Gasteiger partial charge in [0, 0.05) is 19.8 Å². The van der Waals surface area contributed by atoms with Crippen molar-refractivity contribution in [2.24, 2.45) is 0 Å². The summed E-state index contributed by atoms with van der Waals surface area (Å²) in [5.41, 5.74) is 0.382. The third-order valence-electron chi connectivity index (χ3n) is 1.43. The van der Waals surface area contributed by atoms with Gasteiger partial charge in [-0.2, -0.15) is 0 Å². The van der Waals surface area contributed by atoms with Crippen molar-refractivity contribution in [3.05, 3.63) is 12.2 Å². The quantitative estimate of drug-likeness (QED) is 0.507. The Morgan fingerprint density at radius 3 is 2.13 bits per heavy atom. The highest BCUT2D eigenvalue weighted by Gasteiger charge is 2.10. The standard InChI is InChI=1S/C9H16O4.2CH4/c1-7(2)9(10)13-6-8(12-4)5-11-3;;/h8H,1,5-6H2,2-4H3;2*1H4. The molecule has 15 heavy (non-hydrogen) atoms. The molecule has 0 saturated carbocycles. The summed E-state index contributed by atoms with van der Waals surface area (Å²) in [7, 11) is 3.10. The summed E-state index contributed by atoms with van der Waals surface area (Å²) in [4.78, 5) is 10.9. The van der Waals surface area contributed by atoms with Crippen LogP contribution in [0.1, 0.15) is 21.8 Å². The Labute approximate surface area is 93.2 Å². The second-order valence-electron chi connectivity index (χ2n) is 2.69. The molecule has 0 aliphatic heterocycles. The summed E-state index contributed by atoms with van der Waals surface area (Å²) in [6, 6.07) is 0. The summed E-state index contributed by atoms with van der Waals surface area (Å²) >= 11 is 0. The summed E-state index contributed by atoms with van der Waals surface area (Å²) in [6.45, 7) is 5.65. The minimum atomic E-state index is -0.404. The van der Waals surface area contributed by atoms with E-state index in [0.717, 1.165) is 0 Å². The highest BCUT2D eigenvalue weighted by atomic mass is 16.6. The van der Waals surface area contributed by atoms with E-state index in [9.17, 15) is 4.79 Å². The average molecular weight is 220 g/mol. The van der Waals surface area contributed by atoms with Gasteiger partial charge in [-0.1, -0.05) is 21.4 Å². The van der Waals surface area contributed by atoms with Crippen molar-refractivity contribution >= 4 is 5.97 Å². The molecule has 0 fully saturated rings. The van der Waals surface area contributed by atoms with Gasteiger partial charge < -0.3 is 14.2 Å². The van der Waals surface area contributed by atoms with Crippen molar-refractivity contribution in [1.29, 1.82) is 0 Å². The molecule has 1 atom stereocenters. The van der Waals surface area contributed by atoms with Crippen LogP contribution in [0.4, 0.5) is 0 Å². The van der Waals surface area contributed by atoms with Gasteiger partial charge in [0.05, 0.1) is 6.61 Å². The molecule has 1 unspecified atom stereocenters. The van der Waals surface area contributed by atoms with E-state index in [4.69, 9.17) is 14.2 Å². The number of hydrogen-bond donors (Lipinski definition) is 0. The van der Waals surface area contributed by atoms with E-state index >= 15 is 0 Å². The zero-order valence-electron chi connectivity index (χ0n) is 8.33. The third-order valence-corrected chi connectivity index (χ3v) is 1.43. The van der Waals surface area contributed by atoms with Crippen LogP contribution in [0, 0.1) is 0 Å². The molecular formula is C11H24O4. The van der Waals surface area contributed by atoms with Gasteiger partial charge in [0.15, 0.2) is 0 Å². The molecule has 0 aliphatic rings. The fourth-order valence-electron chi connectivity index (χ4n) is 0.662. The molecule has 0 aromatic heterocycles. The largest absolute Gasteiger partial charge is 0.459 e. The molecule has 0 spiro atoms. The normalized spacial score (nSPS) is 10.6. The smallest absolute Gasteiger partial charge is 0.333 e. The molecule has 0 saturated heterocycles. The SMILES string of the molecule is C.C.C=C(C)C(=O)OCC(COC)OC. The number of rotatable bonds is 6. The molecule has 0 bridgehead atoms. The maximum atomic E-state index is 10.9. The summed E-state index contributed by atoms with van der Waals surface area (Å²) in [5.74, 6) is -0.404. The predicted octanol–water partition coefficient (Wildman–Crippen LogP) is 2.04. The van der Waals surface area contributed by atoms with Gasteiger partial charge in [-0.3, -0.25) is 0 Å². The van der Waals surface area contributed by atoms with Gasteiger partial charge >= 0.3 is 5.97 Å². The van der Waals surface area contributed by atoms with Crippen LogP contribution in [0.15, 0.2) is 12.2 Å². The molecule has 0 amide bonds. The molecule has 0 aromatic rings. The molecule has 0 rings (SSSR count). The number of carbonyl (C=O) groups excluding carboxylic acids is 1. The lowest BCUT2D eigenvalue weighted by atomic mass is 10.3. The highest BCUT2D eigenvalue weighted by molar-refractivity contribution is 5.86. The minimum Gasteiger partial charge on any atom is -0.459 e. The van der Waals surface area contributed by atoms with Crippen molar-refractivity contribution in [2.75, 3.05) is 27.4 Å². The Hall–Kier alpha value is -0.870. The zero-order valence-corrected chi connectivity index (χ0v) is 8.33. The fourth-order valence-corrected chi connectivity index (χ4v) is 0.662. The fraction of sp³-hybridized carbons (Fsp3) is 0.727. The van der Waals surface area contributed by atoms with E-state index in [1.807, 2.05) is 0 Å². The number of carbonyl (C=O) groups is 1. The molecule has 0 aromatic carbocycles. The van der Waals surface area contributed by atoms with E-state index in [1.54, 1.807) is 14.0 Å². The van der Waals surface area contributed by atoms with Gasteiger partial charge in [0.1, 0.15) is 12.7 Å². The maximum Gasteiger partial charge on any atom is 0.333 e. The topological polar surface area (TPSA) is 44.8 Å². The van der Waals surface area contributed by atoms with Crippen molar-refractivity contribution in [3.63, 3.8) is 0 Å². The molecule has 4 nitrogen and oxygen atoms in total. The van der Waals surface area contributed by atoms with Gasteiger partial charge in [-0.25, -0.2) is 4.79 Å². The second kappa shape index (κ2) is 11.2. The Morgan fingerprint density at radius 1 is 1.27 bits per heavy atom. The van der Waals surface area contributed by atoms with Crippen LogP contribution >= 0.6 is 0 Å². The van der Waals surface area contributed by atoms with Crippen LogP contribution < -0.4 is 0 Å². The lowest BCUT2D eigenvalue weighted by molar-refractivity contribution is -0.143. The summed E-state index contributed by atoms with van der Waals surface area (Å²) in [5, 5.41) is 0. The summed E-state index contributed by atoms with van der Waals surface area (Å²) < 4.78 is 14.7. The van der Waals surface area contributed by atoms with E-state index in [-0.39, 0.29) is 27.6 Å². The van der Waals surface area contributed by atoms with Crippen molar-refractivity contribution in [2.45, 2.75) is 27.9 Å². The minimum absolute atomic E-state index is 0. The molecular weight excluding hydrogens is 196 g/mol. The van der Waals surface area contributed by atoms with Crippen LogP contribution in [0.25, 0.3) is 0 Å². The van der Waals surface area contributed by atoms with Crippen LogP contribution in [0.5, 0.6) is 0 Å². The van der Waals surface area contributed by atoms with Gasteiger partial charge in [0.25, 0.3) is 0 Å². The third kappa shape index (κ3) is 9.43. The average Bonchev–Trinajstić information content (AvgIpc) is 2.11. The first-order chi connectivity index (χ1) is 6.11. The van der Waals surface area contributed by atoms with Crippen LogP contribution in [-0.4, -0.2) is 39.5 Å². The van der Waals surface area contributed by atoms with Crippen molar-refractivity contribution < 1.29 is 19.0 Å². The van der Waals surface area contributed by atoms with Gasteiger partial charge in [-0.05, 0) is 6.92 Å². The number of hydrogen-bond acceptors (Lipinski definition) is 4. The molecule has 0 aliphatic carbocycles. The first-order valence-electron chi connectivity index (χ1n) is 3.96. The molecule has 0 N–H and O–H groups in total. The highest BCUT2D eigenvalue weighted by Crippen LogP contribution is 1.96. The Bertz CT molecular complexity index is 177. The lowest BCUT2D eigenvalue weighted by Gasteiger charge is -2.14. The predicted molar refractivity (Wildman–Crippen MR) is 61.9 cm³/mol. The Morgan fingerprint density at radius 2 is 1.80 bits per heavy atom. The monoisotopic (exact) mass is 220 g/mol. The molecule has 92 valence electrons. The Kier molecular flexibility index (Phi) is 14.7. The van der Waals surface area contributed by atoms with Crippen LogP contribution in [-0.2, 0) is 19.0 Å². The van der Waals surface area contributed by atoms with Crippen LogP contribution in [0.3, 0.4) is 0 Å². The molecule has 0 radical (unpaired) electrons. The Balaban J connectivity index is -0.000000720. The number of methoxy groups -OCH3 is 2. The first-order valence-corrected chi connectivity index (χ1v) is 3.96. The first kappa shape index (κ1) is 19.7. The number of ether oxygens (including phenoxy) is 3. The maximum absolute atomic E-state index is 10.9. The van der Waals surface area contributed by atoms with Crippen molar-refractivity contribution in [1.82, 2.24) is 0 Å². The second-order valence-corrected chi connectivity index (χ2v) is 2.69. The number of esters is 1. The van der Waals surface area contributed by atoms with E-state index in [2.05, 4.69) is 6.58 Å². The van der Waals surface area contributed by atoms with Crippen molar-refractivity contribution in [3.8, 4) is 0 Å². The lowest BCUT2D eigenvalue weighted by Crippen LogP contribution is -2.25. The van der Waals surface area contributed by atoms with E-state index < -0.39 is 5.97 Å². The van der Waals surface area contributed by atoms with E-state index in [0.29, 0.717) is 12.2 Å². The van der Waals surface area contributed by atoms with Crippen LogP contribution in [0.2, 0.25) is 0 Å². The molecule has 4 heteroatoms. The van der Waals surface area contributed by atoms with E-state index in [1.165, 1.54) is 7.11 Å². The zero-order chi connectivity index (χ0) is 10.3. The molecule has 0 heterocycles. The van der Waals surface area contributed by atoms with Gasteiger partial charge in [-0.15, -0.1) is 0 Å².